The number of carbonyl (C=O) groups excluding carboxylic acids is 1. The van der Waals surface area contributed by atoms with Crippen LogP contribution in [0.5, 0.6) is 5.75 Å². The Morgan fingerprint density at radius 2 is 1.77 bits per heavy atom. The van der Waals surface area contributed by atoms with Gasteiger partial charge in [-0.2, -0.15) is 0 Å². The Morgan fingerprint density at radius 1 is 1.03 bits per heavy atom. The molecule has 30 heavy (non-hydrogen) atoms. The third-order valence-electron chi connectivity index (χ3n) is 4.89. The smallest absolute Gasteiger partial charge is 0.262 e. The van der Waals surface area contributed by atoms with Crippen LogP contribution in [0.4, 0.5) is 5.69 Å². The number of fused-ring (bicyclic) bond motifs is 1. The molecule has 1 N–H and O–H groups in total. The van der Waals surface area contributed by atoms with Gasteiger partial charge in [0.2, 0.25) is 5.89 Å². The molecule has 5 nitrogen and oxygen atoms in total. The van der Waals surface area contributed by atoms with Crippen LogP contribution in [-0.4, -0.2) is 17.5 Å². The van der Waals surface area contributed by atoms with Crippen molar-refractivity contribution in [1.29, 1.82) is 0 Å². The number of amides is 1. The van der Waals surface area contributed by atoms with Crippen LogP contribution < -0.4 is 10.1 Å². The molecule has 0 aliphatic carbocycles. The lowest BCUT2D eigenvalue weighted by Crippen LogP contribution is -2.20. The first-order valence-electron chi connectivity index (χ1n) is 9.98. The summed E-state index contributed by atoms with van der Waals surface area (Å²) in [5.74, 6) is 1.47. The van der Waals surface area contributed by atoms with Crippen molar-refractivity contribution in [3.8, 4) is 17.2 Å². The first-order chi connectivity index (χ1) is 14.5. The van der Waals surface area contributed by atoms with Crippen LogP contribution in [0.2, 0.25) is 0 Å². The molecular weight excluding hydrogens is 376 g/mol. The third kappa shape index (κ3) is 4.51. The summed E-state index contributed by atoms with van der Waals surface area (Å²) in [5, 5.41) is 2.84. The van der Waals surface area contributed by atoms with Crippen molar-refractivity contribution in [1.82, 2.24) is 4.98 Å². The molecule has 0 bridgehead atoms. The van der Waals surface area contributed by atoms with Crippen molar-refractivity contribution >= 4 is 22.7 Å². The lowest BCUT2D eigenvalue weighted by Gasteiger charge is -2.07. The van der Waals surface area contributed by atoms with Gasteiger partial charge < -0.3 is 14.5 Å². The van der Waals surface area contributed by atoms with Gasteiger partial charge in [-0.1, -0.05) is 43.7 Å². The molecule has 0 aliphatic rings. The van der Waals surface area contributed by atoms with E-state index in [1.807, 2.05) is 49.4 Å². The van der Waals surface area contributed by atoms with Crippen molar-refractivity contribution in [3.05, 3.63) is 77.9 Å². The Kier molecular flexibility index (Phi) is 5.53. The molecular formula is C25H24N2O3. The number of aromatic nitrogens is 1. The summed E-state index contributed by atoms with van der Waals surface area (Å²) in [6, 6.07) is 21.2. The van der Waals surface area contributed by atoms with Crippen LogP contribution in [0.15, 0.2) is 71.1 Å². The Bertz CT molecular complexity index is 1160. The maximum absolute atomic E-state index is 12.2. The SMILES string of the molecule is Cc1ccc(OCC(=O)Nc2ccc3oc(-c4ccc(C(C)C)cc4)nc3c2)cc1. The summed E-state index contributed by atoms with van der Waals surface area (Å²) in [7, 11) is 0. The quantitative estimate of drug-likeness (QED) is 0.435. The van der Waals surface area contributed by atoms with Gasteiger partial charge >= 0.3 is 0 Å². The minimum Gasteiger partial charge on any atom is -0.484 e. The first-order valence-corrected chi connectivity index (χ1v) is 9.98. The molecule has 0 unspecified atom stereocenters. The van der Waals surface area contributed by atoms with Gasteiger partial charge in [0.15, 0.2) is 12.2 Å². The van der Waals surface area contributed by atoms with Crippen LogP contribution in [0.3, 0.4) is 0 Å². The number of anilines is 1. The highest BCUT2D eigenvalue weighted by molar-refractivity contribution is 5.94. The Morgan fingerprint density at radius 3 is 2.47 bits per heavy atom. The number of oxazole rings is 1. The normalized spacial score (nSPS) is 11.1. The number of rotatable bonds is 6. The molecule has 0 atom stereocenters. The number of aryl methyl sites for hydroxylation is 1. The van der Waals surface area contributed by atoms with Gasteiger partial charge in [-0.25, -0.2) is 4.98 Å². The summed E-state index contributed by atoms with van der Waals surface area (Å²) in [4.78, 5) is 16.8. The van der Waals surface area contributed by atoms with Crippen LogP contribution in [0.25, 0.3) is 22.6 Å². The molecule has 0 saturated carbocycles. The topological polar surface area (TPSA) is 64.4 Å². The van der Waals surface area contributed by atoms with E-state index >= 15 is 0 Å². The number of ether oxygens (including phenoxy) is 1. The second-order valence-corrected chi connectivity index (χ2v) is 7.63. The molecule has 0 aliphatic heterocycles. The van der Waals surface area contributed by atoms with Gasteiger partial charge in [0, 0.05) is 11.3 Å². The molecule has 0 fully saturated rings. The van der Waals surface area contributed by atoms with Crippen LogP contribution in [0.1, 0.15) is 30.9 Å². The highest BCUT2D eigenvalue weighted by Gasteiger charge is 2.11. The minimum atomic E-state index is -0.233. The predicted molar refractivity (Wildman–Crippen MR) is 119 cm³/mol. The van der Waals surface area contributed by atoms with E-state index in [0.29, 0.717) is 34.3 Å². The summed E-state index contributed by atoms with van der Waals surface area (Å²) in [5.41, 5.74) is 5.35. The second-order valence-electron chi connectivity index (χ2n) is 7.63. The van der Waals surface area contributed by atoms with Crippen molar-refractivity contribution in [3.63, 3.8) is 0 Å². The molecule has 0 saturated heterocycles. The zero-order valence-electron chi connectivity index (χ0n) is 17.3. The largest absolute Gasteiger partial charge is 0.484 e. The molecule has 0 spiro atoms. The fourth-order valence-corrected chi connectivity index (χ4v) is 3.12. The van der Waals surface area contributed by atoms with E-state index in [1.54, 1.807) is 12.1 Å². The van der Waals surface area contributed by atoms with Crippen molar-refractivity contribution < 1.29 is 13.9 Å². The average Bonchev–Trinajstić information content (AvgIpc) is 3.17. The molecule has 3 aromatic carbocycles. The zero-order valence-corrected chi connectivity index (χ0v) is 17.3. The lowest BCUT2D eigenvalue weighted by molar-refractivity contribution is -0.118. The van der Waals surface area contributed by atoms with E-state index in [-0.39, 0.29) is 12.5 Å². The van der Waals surface area contributed by atoms with E-state index < -0.39 is 0 Å². The summed E-state index contributed by atoms with van der Waals surface area (Å²) >= 11 is 0. The molecule has 1 amide bonds. The van der Waals surface area contributed by atoms with E-state index in [1.165, 1.54) is 5.56 Å². The minimum absolute atomic E-state index is 0.0621. The summed E-state index contributed by atoms with van der Waals surface area (Å²) in [6.07, 6.45) is 0. The third-order valence-corrected chi connectivity index (χ3v) is 4.89. The van der Waals surface area contributed by atoms with Gasteiger partial charge in [-0.3, -0.25) is 4.79 Å². The molecule has 1 heterocycles. The number of benzene rings is 3. The Balaban J connectivity index is 1.44. The van der Waals surface area contributed by atoms with Crippen LogP contribution in [0, 0.1) is 6.92 Å². The summed E-state index contributed by atoms with van der Waals surface area (Å²) in [6.45, 7) is 6.27. The number of nitrogens with one attached hydrogen (secondary N) is 1. The monoisotopic (exact) mass is 400 g/mol. The van der Waals surface area contributed by atoms with E-state index in [4.69, 9.17) is 9.15 Å². The second kappa shape index (κ2) is 8.41. The Hall–Kier alpha value is -3.60. The van der Waals surface area contributed by atoms with Gasteiger partial charge in [0.25, 0.3) is 5.91 Å². The molecule has 1 aromatic heterocycles. The zero-order chi connectivity index (χ0) is 21.1. The van der Waals surface area contributed by atoms with Crippen molar-refractivity contribution in [2.45, 2.75) is 26.7 Å². The molecule has 152 valence electrons. The average molecular weight is 400 g/mol. The fourth-order valence-electron chi connectivity index (χ4n) is 3.12. The van der Waals surface area contributed by atoms with E-state index in [0.717, 1.165) is 11.1 Å². The first kappa shape index (κ1) is 19.7. The van der Waals surface area contributed by atoms with Crippen LogP contribution in [-0.2, 0) is 4.79 Å². The van der Waals surface area contributed by atoms with Crippen molar-refractivity contribution in [2.24, 2.45) is 0 Å². The Labute approximate surface area is 175 Å². The number of carbonyl (C=O) groups is 1. The molecule has 0 radical (unpaired) electrons. The fraction of sp³-hybridized carbons (Fsp3) is 0.200. The van der Waals surface area contributed by atoms with E-state index in [2.05, 4.69) is 36.3 Å². The van der Waals surface area contributed by atoms with E-state index in [9.17, 15) is 4.79 Å². The predicted octanol–water partition coefficient (Wildman–Crippen LogP) is 5.94. The standard InChI is InChI=1S/C25H24N2O3/c1-16(2)18-6-8-19(9-7-18)25-27-22-14-20(10-13-23(22)30-25)26-24(28)15-29-21-11-4-17(3)5-12-21/h4-14,16H,15H2,1-3H3,(H,26,28). The number of nitrogens with zero attached hydrogens (tertiary/aromatic N) is 1. The number of hydrogen-bond donors (Lipinski definition) is 1. The highest BCUT2D eigenvalue weighted by atomic mass is 16.5. The highest BCUT2D eigenvalue weighted by Crippen LogP contribution is 2.27. The summed E-state index contributed by atoms with van der Waals surface area (Å²) < 4.78 is 11.4. The number of hydrogen-bond acceptors (Lipinski definition) is 4. The molecule has 4 aromatic rings. The van der Waals surface area contributed by atoms with Gasteiger partial charge in [0.05, 0.1) is 0 Å². The van der Waals surface area contributed by atoms with Crippen molar-refractivity contribution in [2.75, 3.05) is 11.9 Å². The van der Waals surface area contributed by atoms with Gasteiger partial charge in [-0.05, 0) is 60.9 Å². The van der Waals surface area contributed by atoms with Gasteiger partial charge in [0.1, 0.15) is 11.3 Å². The maximum Gasteiger partial charge on any atom is 0.262 e. The molecule has 4 rings (SSSR count). The maximum atomic E-state index is 12.2. The molecule has 5 heteroatoms. The van der Waals surface area contributed by atoms with Crippen LogP contribution >= 0.6 is 0 Å². The lowest BCUT2D eigenvalue weighted by atomic mass is 10.0. The van der Waals surface area contributed by atoms with Gasteiger partial charge in [-0.15, -0.1) is 0 Å².